The summed E-state index contributed by atoms with van der Waals surface area (Å²) in [6.45, 7) is 3.88. The minimum absolute atomic E-state index is 0.210. The van der Waals surface area contributed by atoms with Crippen LogP contribution in [0, 0.1) is 19.7 Å². The van der Waals surface area contributed by atoms with Crippen molar-refractivity contribution >= 4 is 5.69 Å². The standard InChI is InChI=1S/C16H14FN3O/c1-9-7-10(2)14(18)12(8-9)16-19-15(20-21-16)11-5-3-4-6-13(11)17/h3-8H,18H2,1-2H3. The number of halogens is 1. The lowest BCUT2D eigenvalue weighted by Crippen LogP contribution is -1.95. The van der Waals surface area contributed by atoms with E-state index < -0.39 is 5.82 Å². The predicted molar refractivity (Wildman–Crippen MR) is 79.0 cm³/mol. The highest BCUT2D eigenvalue weighted by atomic mass is 19.1. The van der Waals surface area contributed by atoms with Crippen LogP contribution in [0.1, 0.15) is 11.1 Å². The van der Waals surface area contributed by atoms with Gasteiger partial charge in [0.2, 0.25) is 5.82 Å². The molecule has 2 N–H and O–H groups in total. The molecule has 0 unspecified atom stereocenters. The number of nitrogen functional groups attached to an aromatic ring is 1. The third kappa shape index (κ3) is 2.38. The minimum atomic E-state index is -0.391. The molecule has 1 aromatic heterocycles. The van der Waals surface area contributed by atoms with Gasteiger partial charge >= 0.3 is 0 Å². The second-order valence-corrected chi connectivity index (χ2v) is 4.95. The summed E-state index contributed by atoms with van der Waals surface area (Å²) in [5.74, 6) is 0.109. The average Bonchev–Trinajstić information content (AvgIpc) is 2.92. The maximum absolute atomic E-state index is 13.7. The molecular formula is C16H14FN3O. The summed E-state index contributed by atoms with van der Waals surface area (Å²) < 4.78 is 19.0. The summed E-state index contributed by atoms with van der Waals surface area (Å²) in [7, 11) is 0. The number of aryl methyl sites for hydroxylation is 2. The first-order chi connectivity index (χ1) is 10.1. The van der Waals surface area contributed by atoms with Gasteiger partial charge in [-0.3, -0.25) is 0 Å². The molecule has 0 atom stereocenters. The van der Waals surface area contributed by atoms with E-state index in [0.717, 1.165) is 11.1 Å². The van der Waals surface area contributed by atoms with Gasteiger partial charge in [-0.25, -0.2) is 4.39 Å². The summed E-state index contributed by atoms with van der Waals surface area (Å²) in [4.78, 5) is 4.26. The number of hydrogen-bond donors (Lipinski definition) is 1. The van der Waals surface area contributed by atoms with Gasteiger partial charge in [0.1, 0.15) is 5.82 Å². The maximum atomic E-state index is 13.7. The van der Waals surface area contributed by atoms with E-state index in [0.29, 0.717) is 16.8 Å². The molecule has 0 bridgehead atoms. The Bertz CT molecular complexity index is 811. The Kier molecular flexibility index (Phi) is 3.17. The van der Waals surface area contributed by atoms with E-state index in [-0.39, 0.29) is 11.7 Å². The van der Waals surface area contributed by atoms with Crippen LogP contribution in [0.25, 0.3) is 22.8 Å². The van der Waals surface area contributed by atoms with E-state index in [4.69, 9.17) is 10.3 Å². The van der Waals surface area contributed by atoms with Crippen molar-refractivity contribution < 1.29 is 8.91 Å². The van der Waals surface area contributed by atoms with Crippen molar-refractivity contribution in [3.63, 3.8) is 0 Å². The van der Waals surface area contributed by atoms with Gasteiger partial charge in [0.25, 0.3) is 5.89 Å². The zero-order chi connectivity index (χ0) is 15.0. The fraction of sp³-hybridized carbons (Fsp3) is 0.125. The van der Waals surface area contributed by atoms with E-state index in [2.05, 4.69) is 10.1 Å². The Labute approximate surface area is 121 Å². The molecule has 0 saturated carbocycles. The fourth-order valence-corrected chi connectivity index (χ4v) is 2.24. The monoisotopic (exact) mass is 283 g/mol. The molecule has 0 aliphatic rings. The molecular weight excluding hydrogens is 269 g/mol. The van der Waals surface area contributed by atoms with Crippen LogP contribution in [0.4, 0.5) is 10.1 Å². The van der Waals surface area contributed by atoms with Gasteiger partial charge in [0, 0.05) is 5.69 Å². The van der Waals surface area contributed by atoms with Crippen LogP contribution in [-0.2, 0) is 0 Å². The maximum Gasteiger partial charge on any atom is 0.260 e. The Morgan fingerprint density at radius 1 is 1.10 bits per heavy atom. The van der Waals surface area contributed by atoms with E-state index in [1.165, 1.54) is 6.07 Å². The van der Waals surface area contributed by atoms with Gasteiger partial charge in [-0.15, -0.1) is 0 Å². The van der Waals surface area contributed by atoms with Crippen molar-refractivity contribution in [1.82, 2.24) is 10.1 Å². The molecule has 0 saturated heterocycles. The number of nitrogens with two attached hydrogens (primary N) is 1. The van der Waals surface area contributed by atoms with E-state index in [9.17, 15) is 4.39 Å². The molecule has 21 heavy (non-hydrogen) atoms. The Balaban J connectivity index is 2.09. The summed E-state index contributed by atoms with van der Waals surface area (Å²) in [5, 5.41) is 3.84. The van der Waals surface area contributed by atoms with Gasteiger partial charge in [0.15, 0.2) is 0 Å². The van der Waals surface area contributed by atoms with Crippen LogP contribution in [0.15, 0.2) is 40.9 Å². The zero-order valence-electron chi connectivity index (χ0n) is 11.7. The first-order valence-electron chi connectivity index (χ1n) is 6.52. The highest BCUT2D eigenvalue weighted by Crippen LogP contribution is 2.30. The van der Waals surface area contributed by atoms with Crippen molar-refractivity contribution in [3.8, 4) is 22.8 Å². The normalized spacial score (nSPS) is 10.8. The zero-order valence-corrected chi connectivity index (χ0v) is 11.7. The lowest BCUT2D eigenvalue weighted by molar-refractivity contribution is 0.432. The molecule has 0 aliphatic carbocycles. The van der Waals surface area contributed by atoms with Crippen molar-refractivity contribution in [2.45, 2.75) is 13.8 Å². The largest absolute Gasteiger partial charge is 0.398 e. The number of aromatic nitrogens is 2. The molecule has 0 aliphatic heterocycles. The number of nitrogens with zero attached hydrogens (tertiary/aromatic N) is 2. The summed E-state index contributed by atoms with van der Waals surface area (Å²) in [6.07, 6.45) is 0. The average molecular weight is 283 g/mol. The van der Waals surface area contributed by atoms with E-state index in [1.54, 1.807) is 18.2 Å². The van der Waals surface area contributed by atoms with Crippen LogP contribution in [0.2, 0.25) is 0 Å². The summed E-state index contributed by atoms with van der Waals surface area (Å²) in [6, 6.07) is 10.2. The molecule has 1 heterocycles. The van der Waals surface area contributed by atoms with Gasteiger partial charge in [-0.1, -0.05) is 23.4 Å². The van der Waals surface area contributed by atoms with E-state index in [1.807, 2.05) is 26.0 Å². The van der Waals surface area contributed by atoms with Gasteiger partial charge in [0.05, 0.1) is 11.1 Å². The lowest BCUT2D eigenvalue weighted by Gasteiger charge is -2.06. The molecule has 0 fully saturated rings. The van der Waals surface area contributed by atoms with Crippen molar-refractivity contribution in [3.05, 3.63) is 53.3 Å². The van der Waals surface area contributed by atoms with Crippen molar-refractivity contribution in [2.75, 3.05) is 5.73 Å². The summed E-state index contributed by atoms with van der Waals surface area (Å²) >= 11 is 0. The van der Waals surface area contributed by atoms with E-state index >= 15 is 0 Å². The van der Waals surface area contributed by atoms with Gasteiger partial charge < -0.3 is 10.3 Å². The lowest BCUT2D eigenvalue weighted by atomic mass is 10.0. The topological polar surface area (TPSA) is 64.9 Å². The molecule has 2 aromatic carbocycles. The van der Waals surface area contributed by atoms with Crippen LogP contribution in [-0.4, -0.2) is 10.1 Å². The van der Waals surface area contributed by atoms with Gasteiger partial charge in [-0.05, 0) is 43.2 Å². The molecule has 0 radical (unpaired) electrons. The first kappa shape index (κ1) is 13.3. The number of hydrogen-bond acceptors (Lipinski definition) is 4. The first-order valence-corrected chi connectivity index (χ1v) is 6.52. The third-order valence-corrected chi connectivity index (χ3v) is 3.30. The number of benzene rings is 2. The number of rotatable bonds is 2. The van der Waals surface area contributed by atoms with Crippen LogP contribution >= 0.6 is 0 Å². The quantitative estimate of drug-likeness (QED) is 0.727. The minimum Gasteiger partial charge on any atom is -0.398 e. The Hall–Kier alpha value is -2.69. The Morgan fingerprint density at radius 2 is 1.86 bits per heavy atom. The van der Waals surface area contributed by atoms with Crippen molar-refractivity contribution in [2.24, 2.45) is 0 Å². The smallest absolute Gasteiger partial charge is 0.260 e. The molecule has 0 spiro atoms. The highest BCUT2D eigenvalue weighted by molar-refractivity contribution is 5.75. The predicted octanol–water partition coefficient (Wildman–Crippen LogP) is 3.74. The van der Waals surface area contributed by atoms with Crippen molar-refractivity contribution in [1.29, 1.82) is 0 Å². The second-order valence-electron chi connectivity index (χ2n) is 4.95. The van der Waals surface area contributed by atoms with Crippen LogP contribution in [0.5, 0.6) is 0 Å². The third-order valence-electron chi connectivity index (χ3n) is 3.30. The SMILES string of the molecule is Cc1cc(C)c(N)c(-c2nc(-c3ccccc3F)no2)c1. The molecule has 3 aromatic rings. The molecule has 0 amide bonds. The fourth-order valence-electron chi connectivity index (χ4n) is 2.24. The summed E-state index contributed by atoms with van der Waals surface area (Å²) in [5.41, 5.74) is 9.60. The highest BCUT2D eigenvalue weighted by Gasteiger charge is 2.16. The van der Waals surface area contributed by atoms with Crippen LogP contribution in [0.3, 0.4) is 0 Å². The number of anilines is 1. The molecule has 5 heteroatoms. The van der Waals surface area contributed by atoms with Crippen LogP contribution < -0.4 is 5.73 Å². The second kappa shape index (κ2) is 5.01. The van der Waals surface area contributed by atoms with Gasteiger partial charge in [-0.2, -0.15) is 4.98 Å². The molecule has 4 nitrogen and oxygen atoms in total. The molecule has 106 valence electrons. The Morgan fingerprint density at radius 3 is 2.62 bits per heavy atom. The molecule has 3 rings (SSSR count).